The molecule has 0 heterocycles. The number of ether oxygens (including phenoxy) is 1. The molecule has 0 fully saturated rings. The Morgan fingerprint density at radius 3 is 2.16 bits per heavy atom. The second kappa shape index (κ2) is 7.31. The molecule has 0 aliphatic carbocycles. The summed E-state index contributed by atoms with van der Waals surface area (Å²) in [5.74, 6) is -0.757. The highest BCUT2D eigenvalue weighted by molar-refractivity contribution is 6.60. The van der Waals surface area contributed by atoms with E-state index < -0.39 is 35.8 Å². The van der Waals surface area contributed by atoms with Gasteiger partial charge < -0.3 is 19.5 Å². The van der Waals surface area contributed by atoms with E-state index in [-0.39, 0.29) is 11.2 Å². The summed E-state index contributed by atoms with van der Waals surface area (Å²) in [5, 5.41) is 22.6. The van der Waals surface area contributed by atoms with Crippen molar-refractivity contribution < 1.29 is 28.7 Å². The average molecular weight is 355 g/mol. The lowest BCUT2D eigenvalue weighted by atomic mass is 9.76. The molecule has 0 aromatic heterocycles. The fourth-order valence-electron chi connectivity index (χ4n) is 1.71. The second-order valence-electron chi connectivity index (χ2n) is 7.90. The Balaban J connectivity index is 2.87. The molecule has 1 aromatic rings. The zero-order valence-electron chi connectivity index (χ0n) is 15.8. The largest absolute Gasteiger partial charge is 0.494 e. The molecule has 140 valence electrons. The van der Waals surface area contributed by atoms with Crippen molar-refractivity contribution in [1.29, 1.82) is 0 Å². The molecular weight excluding hydrogens is 328 g/mol. The van der Waals surface area contributed by atoms with Gasteiger partial charge in [-0.3, -0.25) is 5.32 Å². The van der Waals surface area contributed by atoms with Gasteiger partial charge in [0.15, 0.2) is 0 Å². The summed E-state index contributed by atoms with van der Waals surface area (Å²) in [4.78, 5) is 11.7. The predicted octanol–water partition coefficient (Wildman–Crippen LogP) is 2.43. The molecule has 0 atom stereocenters. The second-order valence-corrected chi connectivity index (χ2v) is 7.90. The van der Waals surface area contributed by atoms with Crippen LogP contribution in [0.2, 0.25) is 0 Å². The number of rotatable bonds is 5. The SMILES string of the molecule is CC(C)(C)OC(=O)Nc1ccc(B(O)OC(C)(C)C(C)(C)O)c(F)c1. The summed E-state index contributed by atoms with van der Waals surface area (Å²) in [6.07, 6.45) is -0.709. The molecule has 1 amide bonds. The average Bonchev–Trinajstić information content (AvgIpc) is 2.33. The predicted molar refractivity (Wildman–Crippen MR) is 95.3 cm³/mol. The van der Waals surface area contributed by atoms with Crippen molar-refractivity contribution in [3.63, 3.8) is 0 Å². The lowest BCUT2D eigenvalue weighted by Crippen LogP contribution is -2.53. The van der Waals surface area contributed by atoms with E-state index in [2.05, 4.69) is 5.32 Å². The first-order valence-corrected chi connectivity index (χ1v) is 8.00. The van der Waals surface area contributed by atoms with E-state index in [9.17, 15) is 19.3 Å². The molecule has 0 saturated heterocycles. The Labute approximate surface area is 148 Å². The van der Waals surface area contributed by atoms with Crippen molar-refractivity contribution in [3.8, 4) is 0 Å². The third-order valence-corrected chi connectivity index (χ3v) is 3.79. The minimum atomic E-state index is -1.57. The molecular formula is C17H27BFNO5. The number of halogens is 1. The Morgan fingerprint density at radius 1 is 1.16 bits per heavy atom. The standard InChI is InChI=1S/C17H27BFNO5/c1-15(2,3)24-14(21)20-11-8-9-12(13(19)10-11)18(23)25-17(6,7)16(4,5)22/h8-10,22-23H,1-7H3,(H,20,21). The van der Waals surface area contributed by atoms with Crippen LogP contribution in [0.3, 0.4) is 0 Å². The zero-order chi connectivity index (χ0) is 19.6. The van der Waals surface area contributed by atoms with Crippen LogP contribution in [0.5, 0.6) is 0 Å². The summed E-state index contributed by atoms with van der Waals surface area (Å²) >= 11 is 0. The van der Waals surface area contributed by atoms with Gasteiger partial charge in [-0.25, -0.2) is 9.18 Å². The first-order chi connectivity index (χ1) is 11.1. The van der Waals surface area contributed by atoms with Gasteiger partial charge in [0.25, 0.3) is 0 Å². The lowest BCUT2D eigenvalue weighted by molar-refractivity contribution is -0.0983. The van der Waals surface area contributed by atoms with Crippen LogP contribution in [0.25, 0.3) is 0 Å². The number of nitrogens with one attached hydrogen (secondary N) is 1. The van der Waals surface area contributed by atoms with Crippen molar-refractivity contribution in [2.75, 3.05) is 5.32 Å². The van der Waals surface area contributed by atoms with E-state index in [1.807, 2.05) is 0 Å². The van der Waals surface area contributed by atoms with Gasteiger partial charge in [0, 0.05) is 11.2 Å². The summed E-state index contributed by atoms with van der Waals surface area (Å²) in [6.45, 7) is 11.4. The van der Waals surface area contributed by atoms with Crippen molar-refractivity contribution in [2.24, 2.45) is 0 Å². The Kier molecular flexibility index (Phi) is 6.26. The van der Waals surface area contributed by atoms with Crippen LogP contribution in [0.1, 0.15) is 48.5 Å². The maximum atomic E-state index is 14.3. The quantitative estimate of drug-likeness (QED) is 0.706. The Bertz CT molecular complexity index is 622. The van der Waals surface area contributed by atoms with Gasteiger partial charge >= 0.3 is 13.2 Å². The number of anilines is 1. The molecule has 0 radical (unpaired) electrons. The summed E-state index contributed by atoms with van der Waals surface area (Å²) < 4.78 is 24.8. The number of benzene rings is 1. The molecule has 0 saturated carbocycles. The molecule has 0 aliphatic heterocycles. The van der Waals surface area contributed by atoms with E-state index in [0.717, 1.165) is 6.07 Å². The van der Waals surface area contributed by atoms with E-state index in [1.54, 1.807) is 34.6 Å². The Hall–Kier alpha value is -1.64. The van der Waals surface area contributed by atoms with Crippen molar-refractivity contribution in [2.45, 2.75) is 65.3 Å². The molecule has 0 unspecified atom stereocenters. The highest BCUT2D eigenvalue weighted by Crippen LogP contribution is 2.25. The zero-order valence-corrected chi connectivity index (χ0v) is 15.8. The molecule has 3 N–H and O–H groups in total. The molecule has 1 rings (SSSR count). The monoisotopic (exact) mass is 355 g/mol. The van der Waals surface area contributed by atoms with E-state index >= 15 is 0 Å². The van der Waals surface area contributed by atoms with Crippen LogP contribution in [-0.2, 0) is 9.39 Å². The van der Waals surface area contributed by atoms with Gasteiger partial charge in [0.2, 0.25) is 0 Å². The molecule has 0 spiro atoms. The molecule has 6 nitrogen and oxygen atoms in total. The fourth-order valence-corrected chi connectivity index (χ4v) is 1.71. The van der Waals surface area contributed by atoms with Gasteiger partial charge in [-0.2, -0.15) is 0 Å². The van der Waals surface area contributed by atoms with Crippen LogP contribution in [0.15, 0.2) is 18.2 Å². The van der Waals surface area contributed by atoms with Crippen molar-refractivity contribution in [3.05, 3.63) is 24.0 Å². The summed E-state index contributed by atoms with van der Waals surface area (Å²) in [7, 11) is -1.57. The van der Waals surface area contributed by atoms with Crippen LogP contribution in [-0.4, -0.2) is 40.1 Å². The molecule has 8 heteroatoms. The first kappa shape index (κ1) is 21.4. The number of carbonyl (C=O) groups is 1. The van der Waals surface area contributed by atoms with Gasteiger partial charge in [-0.15, -0.1) is 0 Å². The molecule has 0 aliphatic rings. The van der Waals surface area contributed by atoms with Crippen LogP contribution >= 0.6 is 0 Å². The van der Waals surface area contributed by atoms with Crippen molar-refractivity contribution >= 4 is 24.4 Å². The van der Waals surface area contributed by atoms with E-state index in [4.69, 9.17) is 9.39 Å². The van der Waals surface area contributed by atoms with Gasteiger partial charge in [0.1, 0.15) is 11.4 Å². The lowest BCUT2D eigenvalue weighted by Gasteiger charge is -2.38. The highest BCUT2D eigenvalue weighted by atomic mass is 19.1. The number of amides is 1. The van der Waals surface area contributed by atoms with Crippen LogP contribution in [0, 0.1) is 5.82 Å². The van der Waals surface area contributed by atoms with Crippen LogP contribution < -0.4 is 10.8 Å². The minimum absolute atomic E-state index is 0.105. The molecule has 25 heavy (non-hydrogen) atoms. The summed E-state index contributed by atoms with van der Waals surface area (Å²) in [6, 6.07) is 3.78. The normalized spacial score (nSPS) is 12.7. The van der Waals surface area contributed by atoms with Gasteiger partial charge in [-0.05, 0) is 60.6 Å². The molecule has 1 aromatic carbocycles. The van der Waals surface area contributed by atoms with Crippen molar-refractivity contribution in [1.82, 2.24) is 0 Å². The topological polar surface area (TPSA) is 88.0 Å². The van der Waals surface area contributed by atoms with Crippen LogP contribution in [0.4, 0.5) is 14.9 Å². The van der Waals surface area contributed by atoms with E-state index in [0.29, 0.717) is 0 Å². The fraction of sp³-hybridized carbons (Fsp3) is 0.588. The number of aliphatic hydroxyl groups is 1. The third-order valence-electron chi connectivity index (χ3n) is 3.79. The first-order valence-electron chi connectivity index (χ1n) is 8.00. The number of hydrogen-bond donors (Lipinski definition) is 3. The highest BCUT2D eigenvalue weighted by Gasteiger charge is 2.40. The minimum Gasteiger partial charge on any atom is -0.444 e. The molecule has 0 bridgehead atoms. The number of carbonyl (C=O) groups excluding carboxylic acids is 1. The van der Waals surface area contributed by atoms with Gasteiger partial charge in [0.05, 0.1) is 11.2 Å². The maximum Gasteiger partial charge on any atom is 0.494 e. The number of hydrogen-bond acceptors (Lipinski definition) is 5. The van der Waals surface area contributed by atoms with E-state index in [1.165, 1.54) is 26.0 Å². The maximum absolute atomic E-state index is 14.3. The Morgan fingerprint density at radius 2 is 1.72 bits per heavy atom. The van der Waals surface area contributed by atoms with Gasteiger partial charge in [-0.1, -0.05) is 6.07 Å². The third kappa shape index (κ3) is 6.30. The smallest absolute Gasteiger partial charge is 0.444 e. The summed E-state index contributed by atoms with van der Waals surface area (Å²) in [5.41, 5.74) is -2.96.